The topological polar surface area (TPSA) is 49.4 Å². The van der Waals surface area contributed by atoms with E-state index in [2.05, 4.69) is 5.32 Å². The lowest BCUT2D eigenvalue weighted by molar-refractivity contribution is -0.139. The van der Waals surface area contributed by atoms with Crippen molar-refractivity contribution in [3.05, 3.63) is 68.7 Å². The lowest BCUT2D eigenvalue weighted by Gasteiger charge is -2.31. The van der Waals surface area contributed by atoms with Gasteiger partial charge in [0.05, 0.1) is 5.75 Å². The summed E-state index contributed by atoms with van der Waals surface area (Å²) in [5.41, 5.74) is 1.84. The Balaban J connectivity index is 2.14. The van der Waals surface area contributed by atoms with Crippen LogP contribution in [0.25, 0.3) is 0 Å². The summed E-state index contributed by atoms with van der Waals surface area (Å²) < 4.78 is 0. The van der Waals surface area contributed by atoms with Gasteiger partial charge in [0.1, 0.15) is 6.04 Å². The van der Waals surface area contributed by atoms with Crippen LogP contribution in [0.15, 0.2) is 42.5 Å². The number of benzene rings is 2. The summed E-state index contributed by atoms with van der Waals surface area (Å²) in [4.78, 5) is 27.6. The number of rotatable bonds is 11. The molecule has 1 unspecified atom stereocenters. The van der Waals surface area contributed by atoms with Crippen molar-refractivity contribution >= 4 is 58.4 Å². The van der Waals surface area contributed by atoms with Gasteiger partial charge in [-0.2, -0.15) is 0 Å². The average molecular weight is 502 g/mol. The van der Waals surface area contributed by atoms with Gasteiger partial charge in [-0.15, -0.1) is 11.8 Å². The van der Waals surface area contributed by atoms with Crippen LogP contribution < -0.4 is 5.32 Å². The van der Waals surface area contributed by atoms with Crippen LogP contribution in [-0.4, -0.2) is 35.1 Å². The van der Waals surface area contributed by atoms with E-state index < -0.39 is 6.04 Å². The maximum Gasteiger partial charge on any atom is 0.242 e. The first kappa shape index (κ1) is 25.9. The molecule has 0 radical (unpaired) electrons. The molecule has 8 heteroatoms. The van der Waals surface area contributed by atoms with Crippen LogP contribution in [0.1, 0.15) is 37.8 Å². The Morgan fingerprint density at radius 1 is 1.03 bits per heavy atom. The molecule has 2 amide bonds. The first-order valence-electron chi connectivity index (χ1n) is 10.2. The van der Waals surface area contributed by atoms with Gasteiger partial charge in [0.15, 0.2) is 0 Å². The number of halogens is 3. The van der Waals surface area contributed by atoms with Crippen LogP contribution >= 0.6 is 46.6 Å². The van der Waals surface area contributed by atoms with Crippen LogP contribution in [0.2, 0.25) is 15.1 Å². The number of hydrogen-bond donors (Lipinski definition) is 1. The molecular weight excluding hydrogens is 475 g/mol. The molecule has 0 heterocycles. The van der Waals surface area contributed by atoms with Crippen molar-refractivity contribution in [2.75, 3.05) is 12.3 Å². The highest BCUT2D eigenvalue weighted by molar-refractivity contribution is 7.99. The number of nitrogens with one attached hydrogen (secondary N) is 1. The van der Waals surface area contributed by atoms with Gasteiger partial charge in [0.25, 0.3) is 0 Å². The lowest BCUT2D eigenvalue weighted by atomic mass is 10.1. The number of hydrogen-bond acceptors (Lipinski definition) is 3. The molecule has 0 aromatic heterocycles. The van der Waals surface area contributed by atoms with E-state index >= 15 is 0 Å². The van der Waals surface area contributed by atoms with Gasteiger partial charge < -0.3 is 10.2 Å². The smallest absolute Gasteiger partial charge is 0.242 e. The van der Waals surface area contributed by atoms with Crippen molar-refractivity contribution in [3.8, 4) is 0 Å². The maximum absolute atomic E-state index is 13.2. The van der Waals surface area contributed by atoms with Crippen LogP contribution in [0.3, 0.4) is 0 Å². The molecule has 0 aliphatic rings. The van der Waals surface area contributed by atoms with Gasteiger partial charge in [0, 0.05) is 33.9 Å². The number of carbonyl (C=O) groups is 2. The van der Waals surface area contributed by atoms with E-state index in [0.29, 0.717) is 33.8 Å². The third-order valence-corrected chi connectivity index (χ3v) is 6.53. The van der Waals surface area contributed by atoms with Crippen molar-refractivity contribution in [2.45, 2.75) is 45.0 Å². The fourth-order valence-electron chi connectivity index (χ4n) is 3.04. The molecule has 0 aliphatic carbocycles. The Morgan fingerprint density at radius 3 is 2.32 bits per heavy atom. The summed E-state index contributed by atoms with van der Waals surface area (Å²) >= 11 is 19.8. The molecule has 0 saturated heterocycles. The molecule has 4 nitrogen and oxygen atoms in total. The second-order valence-electron chi connectivity index (χ2n) is 7.09. The van der Waals surface area contributed by atoms with Crippen LogP contribution in [-0.2, 0) is 21.9 Å². The zero-order chi connectivity index (χ0) is 22.8. The average Bonchev–Trinajstić information content (AvgIpc) is 2.74. The van der Waals surface area contributed by atoms with Crippen LogP contribution in [0, 0.1) is 0 Å². The summed E-state index contributed by atoms with van der Waals surface area (Å²) in [7, 11) is 0. The lowest BCUT2D eigenvalue weighted by Crippen LogP contribution is -2.49. The number of thioether (sulfide) groups is 1. The van der Waals surface area contributed by atoms with Crippen molar-refractivity contribution < 1.29 is 9.59 Å². The highest BCUT2D eigenvalue weighted by Crippen LogP contribution is 2.24. The normalized spacial score (nSPS) is 11.8. The van der Waals surface area contributed by atoms with Gasteiger partial charge in [-0.1, -0.05) is 66.8 Å². The highest BCUT2D eigenvalue weighted by atomic mass is 35.5. The molecule has 0 bridgehead atoms. The van der Waals surface area contributed by atoms with E-state index in [1.54, 1.807) is 23.1 Å². The second kappa shape index (κ2) is 13.2. The number of amides is 2. The molecule has 0 fully saturated rings. The van der Waals surface area contributed by atoms with E-state index in [1.165, 1.54) is 11.8 Å². The first-order valence-corrected chi connectivity index (χ1v) is 12.5. The zero-order valence-corrected chi connectivity index (χ0v) is 20.8. The standard InChI is InChI=1S/C23H27Cl3N2O2S/c1-3-11-27-23(30)21(4-2)28(13-17-7-10-19(25)12-20(17)26)22(29)15-31-14-16-5-8-18(24)9-6-16/h5-10,12,21H,3-4,11,13-15H2,1-2H3,(H,27,30). The molecular formula is C23H27Cl3N2O2S. The van der Waals surface area contributed by atoms with Crippen LogP contribution in [0.5, 0.6) is 0 Å². The minimum Gasteiger partial charge on any atom is -0.354 e. The Bertz CT molecular complexity index is 878. The summed E-state index contributed by atoms with van der Waals surface area (Å²) in [6.07, 6.45) is 1.34. The molecule has 168 valence electrons. The van der Waals surface area contributed by atoms with E-state index in [-0.39, 0.29) is 24.1 Å². The van der Waals surface area contributed by atoms with E-state index in [0.717, 1.165) is 17.5 Å². The van der Waals surface area contributed by atoms with E-state index in [1.807, 2.05) is 38.1 Å². The first-order chi connectivity index (χ1) is 14.8. The highest BCUT2D eigenvalue weighted by Gasteiger charge is 2.28. The van der Waals surface area contributed by atoms with E-state index in [4.69, 9.17) is 34.8 Å². The minimum atomic E-state index is -0.568. The monoisotopic (exact) mass is 500 g/mol. The van der Waals surface area contributed by atoms with Gasteiger partial charge >= 0.3 is 0 Å². The van der Waals surface area contributed by atoms with Crippen molar-refractivity contribution in [1.82, 2.24) is 10.2 Å². The largest absolute Gasteiger partial charge is 0.354 e. The third kappa shape index (κ3) is 8.23. The minimum absolute atomic E-state index is 0.108. The van der Waals surface area contributed by atoms with Crippen LogP contribution in [0.4, 0.5) is 0 Å². The second-order valence-corrected chi connectivity index (χ2v) is 9.36. The SMILES string of the molecule is CCCNC(=O)C(CC)N(Cc1ccc(Cl)cc1Cl)C(=O)CSCc1ccc(Cl)cc1. The molecule has 0 spiro atoms. The summed E-state index contributed by atoms with van der Waals surface area (Å²) in [6, 6.07) is 12.2. The van der Waals surface area contributed by atoms with Crippen molar-refractivity contribution in [1.29, 1.82) is 0 Å². The Morgan fingerprint density at radius 2 is 1.71 bits per heavy atom. The number of carbonyl (C=O) groups excluding carboxylic acids is 2. The molecule has 2 rings (SSSR count). The van der Waals surface area contributed by atoms with E-state index in [9.17, 15) is 9.59 Å². The maximum atomic E-state index is 13.2. The molecule has 31 heavy (non-hydrogen) atoms. The number of nitrogens with zero attached hydrogens (tertiary/aromatic N) is 1. The van der Waals surface area contributed by atoms with Gasteiger partial charge in [-0.25, -0.2) is 0 Å². The Labute approximate surface area is 203 Å². The fraction of sp³-hybridized carbons (Fsp3) is 0.391. The fourth-order valence-corrected chi connectivity index (χ4v) is 4.50. The third-order valence-electron chi connectivity index (χ3n) is 4.70. The Kier molecular flexibility index (Phi) is 11.0. The summed E-state index contributed by atoms with van der Waals surface area (Å²) in [6.45, 7) is 4.71. The van der Waals surface area contributed by atoms with Gasteiger partial charge in [0.2, 0.25) is 11.8 Å². The molecule has 0 saturated carbocycles. The molecule has 1 atom stereocenters. The molecule has 2 aromatic carbocycles. The molecule has 1 N–H and O–H groups in total. The van der Waals surface area contributed by atoms with Crippen molar-refractivity contribution in [2.24, 2.45) is 0 Å². The van der Waals surface area contributed by atoms with Gasteiger partial charge in [-0.05, 0) is 48.2 Å². The predicted molar refractivity (Wildman–Crippen MR) is 132 cm³/mol. The summed E-state index contributed by atoms with van der Waals surface area (Å²) in [5.74, 6) is 0.678. The predicted octanol–water partition coefficient (Wildman–Crippen LogP) is 6.21. The summed E-state index contributed by atoms with van der Waals surface area (Å²) in [5, 5.41) is 4.59. The zero-order valence-electron chi connectivity index (χ0n) is 17.7. The van der Waals surface area contributed by atoms with Gasteiger partial charge in [-0.3, -0.25) is 9.59 Å². The molecule has 0 aliphatic heterocycles. The quantitative estimate of drug-likeness (QED) is 0.398. The van der Waals surface area contributed by atoms with Crippen molar-refractivity contribution in [3.63, 3.8) is 0 Å². The Hall–Kier alpha value is -1.40. The molecule has 2 aromatic rings.